The second kappa shape index (κ2) is 3.99. The van der Waals surface area contributed by atoms with Crippen molar-refractivity contribution in [3.05, 3.63) is 0 Å². The van der Waals surface area contributed by atoms with E-state index in [1.807, 2.05) is 23.5 Å². The molecule has 0 aliphatic heterocycles. The van der Waals surface area contributed by atoms with Crippen molar-refractivity contribution in [1.82, 2.24) is 0 Å². The first-order chi connectivity index (χ1) is 6.10. The monoisotopic (exact) mass is 248 g/mol. The van der Waals surface area contributed by atoms with Crippen molar-refractivity contribution in [2.45, 2.75) is 61.5 Å². The third-order valence-corrected chi connectivity index (χ3v) is 5.64. The van der Waals surface area contributed by atoms with Crippen LogP contribution in [0.1, 0.15) is 41.5 Å². The van der Waals surface area contributed by atoms with Gasteiger partial charge >= 0.3 is 0 Å². The van der Waals surface area contributed by atoms with E-state index in [0.717, 1.165) is 0 Å². The van der Waals surface area contributed by atoms with Gasteiger partial charge in [-0.1, -0.05) is 53.8 Å². The van der Waals surface area contributed by atoms with Crippen molar-refractivity contribution >= 4 is 40.6 Å². The summed E-state index contributed by atoms with van der Waals surface area (Å²) in [5.74, 6) is 0. The van der Waals surface area contributed by atoms with E-state index in [2.05, 4.69) is 41.5 Å². The Morgan fingerprint density at radius 3 is 1.36 bits per heavy atom. The minimum Gasteiger partial charge on any atom is -0.146 e. The van der Waals surface area contributed by atoms with E-state index in [4.69, 9.17) is 12.2 Å². The Morgan fingerprint density at radius 2 is 1.14 bits per heavy atom. The number of hydrogen-bond donors (Lipinski definition) is 0. The molecule has 0 spiro atoms. The number of thioether (sulfide) groups is 2. The summed E-state index contributed by atoms with van der Waals surface area (Å²) in [6, 6.07) is 0. The molecule has 0 amide bonds. The quantitative estimate of drug-likeness (QED) is 0.673. The van der Waals surface area contributed by atoms with Crippen molar-refractivity contribution in [2.24, 2.45) is 0 Å². The molecule has 0 N–H and O–H groups in total. The molecule has 1 aliphatic carbocycles. The number of rotatable bonds is 2. The van der Waals surface area contributed by atoms with Crippen LogP contribution >= 0.6 is 35.7 Å². The summed E-state index contributed by atoms with van der Waals surface area (Å²) in [5.41, 5.74) is 0. The lowest BCUT2D eigenvalue weighted by Crippen LogP contribution is -2.12. The van der Waals surface area contributed by atoms with Crippen LogP contribution in [0.5, 0.6) is 0 Å². The average molecular weight is 248 g/mol. The summed E-state index contributed by atoms with van der Waals surface area (Å²) in [5, 5.41) is 1.24. The highest BCUT2D eigenvalue weighted by molar-refractivity contribution is 8.10. The standard InChI is InChI=1S/C11H20S3/c1-10(2,3)13-8-7(12)9(8)14-11(4,5)6/h8-9H,1-6H3. The van der Waals surface area contributed by atoms with Crippen molar-refractivity contribution in [3.63, 3.8) is 0 Å². The molecule has 0 aromatic rings. The third kappa shape index (κ3) is 4.11. The van der Waals surface area contributed by atoms with Crippen LogP contribution in [0.15, 0.2) is 0 Å². The van der Waals surface area contributed by atoms with Gasteiger partial charge in [-0.25, -0.2) is 0 Å². The van der Waals surface area contributed by atoms with E-state index >= 15 is 0 Å². The minimum atomic E-state index is 0.335. The SMILES string of the molecule is CC(C)(C)SC1C(=S)C1SC(C)(C)C. The Balaban J connectivity index is 2.43. The maximum Gasteiger partial charge on any atom is 0.0543 e. The molecular weight excluding hydrogens is 228 g/mol. The maximum absolute atomic E-state index is 5.39. The molecular formula is C11H20S3. The van der Waals surface area contributed by atoms with Gasteiger partial charge in [-0.05, 0) is 0 Å². The largest absolute Gasteiger partial charge is 0.146 e. The van der Waals surface area contributed by atoms with Crippen LogP contribution in [0.4, 0.5) is 0 Å². The van der Waals surface area contributed by atoms with E-state index in [1.165, 1.54) is 4.86 Å². The summed E-state index contributed by atoms with van der Waals surface area (Å²) in [6.45, 7) is 13.6. The molecule has 0 saturated heterocycles. The smallest absolute Gasteiger partial charge is 0.0543 e. The molecule has 0 aromatic carbocycles. The second-order valence-corrected chi connectivity index (χ2v) is 10.1. The summed E-state index contributed by atoms with van der Waals surface area (Å²) in [4.78, 5) is 1.27. The molecule has 1 fully saturated rings. The van der Waals surface area contributed by atoms with Crippen molar-refractivity contribution in [1.29, 1.82) is 0 Å². The topological polar surface area (TPSA) is 0 Å². The van der Waals surface area contributed by atoms with Crippen LogP contribution in [-0.2, 0) is 0 Å². The Morgan fingerprint density at radius 1 is 0.857 bits per heavy atom. The average Bonchev–Trinajstić information content (AvgIpc) is 2.38. The lowest BCUT2D eigenvalue weighted by molar-refractivity contribution is 0.798. The molecule has 0 nitrogen and oxygen atoms in total. The first-order valence-electron chi connectivity index (χ1n) is 4.99. The van der Waals surface area contributed by atoms with Crippen molar-refractivity contribution < 1.29 is 0 Å². The van der Waals surface area contributed by atoms with Gasteiger partial charge in [-0.15, -0.1) is 23.5 Å². The van der Waals surface area contributed by atoms with Crippen LogP contribution in [0.3, 0.4) is 0 Å². The van der Waals surface area contributed by atoms with Crippen LogP contribution in [0, 0.1) is 0 Å². The third-order valence-electron chi connectivity index (χ3n) is 1.69. The molecule has 2 atom stereocenters. The van der Waals surface area contributed by atoms with Gasteiger partial charge in [0, 0.05) is 14.4 Å². The summed E-state index contributed by atoms with van der Waals surface area (Å²) in [6.07, 6.45) is 0. The van der Waals surface area contributed by atoms with Gasteiger partial charge in [-0.2, -0.15) is 0 Å². The van der Waals surface area contributed by atoms with Gasteiger partial charge in [-0.3, -0.25) is 0 Å². The molecule has 0 bridgehead atoms. The predicted octanol–water partition coefficient (Wildman–Crippen LogP) is 4.17. The van der Waals surface area contributed by atoms with E-state index in [1.54, 1.807) is 0 Å². The molecule has 1 saturated carbocycles. The summed E-state index contributed by atoms with van der Waals surface area (Å²) >= 11 is 9.42. The highest BCUT2D eigenvalue weighted by Crippen LogP contribution is 2.49. The first-order valence-corrected chi connectivity index (χ1v) is 7.16. The lowest BCUT2D eigenvalue weighted by atomic mass is 10.3. The Labute approximate surface area is 102 Å². The van der Waals surface area contributed by atoms with Crippen LogP contribution in [-0.4, -0.2) is 24.9 Å². The molecule has 1 rings (SSSR count). The Bertz CT molecular complexity index is 208. The van der Waals surface area contributed by atoms with Gasteiger partial charge < -0.3 is 0 Å². The highest BCUT2D eigenvalue weighted by atomic mass is 32.2. The van der Waals surface area contributed by atoms with Gasteiger partial charge in [0.25, 0.3) is 0 Å². The fourth-order valence-electron chi connectivity index (χ4n) is 1.20. The maximum atomic E-state index is 5.39. The minimum absolute atomic E-state index is 0.335. The molecule has 0 radical (unpaired) electrons. The van der Waals surface area contributed by atoms with E-state index in [9.17, 15) is 0 Å². The van der Waals surface area contributed by atoms with Gasteiger partial charge in [0.05, 0.1) is 10.5 Å². The van der Waals surface area contributed by atoms with E-state index < -0.39 is 0 Å². The van der Waals surface area contributed by atoms with Gasteiger partial charge in [0.15, 0.2) is 0 Å². The molecule has 3 heteroatoms. The van der Waals surface area contributed by atoms with Crippen molar-refractivity contribution in [3.8, 4) is 0 Å². The summed E-state index contributed by atoms with van der Waals surface area (Å²) in [7, 11) is 0. The lowest BCUT2D eigenvalue weighted by Gasteiger charge is -2.19. The molecule has 1 aliphatic rings. The Hall–Kier alpha value is 0.790. The van der Waals surface area contributed by atoms with Crippen LogP contribution in [0.2, 0.25) is 0 Å². The molecule has 2 unspecified atom stereocenters. The Kier molecular flexibility index (Phi) is 3.66. The van der Waals surface area contributed by atoms with Crippen LogP contribution in [0.25, 0.3) is 0 Å². The molecule has 0 aromatic heterocycles. The zero-order valence-electron chi connectivity index (χ0n) is 9.88. The second-order valence-electron chi connectivity index (χ2n) is 5.70. The first kappa shape index (κ1) is 12.9. The zero-order valence-corrected chi connectivity index (χ0v) is 12.3. The highest BCUT2D eigenvalue weighted by Gasteiger charge is 2.49. The number of hydrogen-bond acceptors (Lipinski definition) is 3. The predicted molar refractivity (Wildman–Crippen MR) is 74.9 cm³/mol. The zero-order chi connectivity index (χ0) is 11.1. The van der Waals surface area contributed by atoms with Gasteiger partial charge in [0.2, 0.25) is 0 Å². The van der Waals surface area contributed by atoms with Gasteiger partial charge in [0.1, 0.15) is 0 Å². The fourth-order valence-corrected chi connectivity index (χ4v) is 4.71. The molecule has 0 heterocycles. The van der Waals surface area contributed by atoms with Crippen molar-refractivity contribution in [2.75, 3.05) is 0 Å². The van der Waals surface area contributed by atoms with E-state index in [0.29, 0.717) is 20.0 Å². The normalized spacial score (nSPS) is 28.0. The molecule has 82 valence electrons. The van der Waals surface area contributed by atoms with E-state index in [-0.39, 0.29) is 0 Å². The van der Waals surface area contributed by atoms with Crippen LogP contribution < -0.4 is 0 Å². The number of thiocarbonyl (C=S) groups is 1. The fraction of sp³-hybridized carbons (Fsp3) is 0.909. The summed E-state index contributed by atoms with van der Waals surface area (Å²) < 4.78 is 0.670. The molecule has 14 heavy (non-hydrogen) atoms.